The van der Waals surface area contributed by atoms with Gasteiger partial charge in [0, 0.05) is 18.3 Å². The Morgan fingerprint density at radius 2 is 2.21 bits per heavy atom. The lowest BCUT2D eigenvalue weighted by molar-refractivity contribution is 0.255. The third-order valence-electron chi connectivity index (χ3n) is 3.88. The molecule has 2 atom stereocenters. The van der Waals surface area contributed by atoms with Gasteiger partial charge in [0.1, 0.15) is 5.82 Å². The molecule has 0 radical (unpaired) electrons. The quantitative estimate of drug-likeness (QED) is 0.884. The topological polar surface area (TPSA) is 49.5 Å². The van der Waals surface area contributed by atoms with E-state index >= 15 is 0 Å². The minimum absolute atomic E-state index is 0.116. The molecule has 0 spiro atoms. The number of aliphatic hydroxyl groups is 1. The molecule has 3 N–H and O–H groups in total. The number of anilines is 1. The van der Waals surface area contributed by atoms with Crippen molar-refractivity contribution in [1.82, 2.24) is 0 Å². The van der Waals surface area contributed by atoms with Crippen molar-refractivity contribution in [2.45, 2.75) is 44.7 Å². The predicted molar refractivity (Wildman–Crippen MR) is 75.7 cm³/mol. The van der Waals surface area contributed by atoms with Crippen LogP contribution in [0.2, 0.25) is 0 Å². The van der Waals surface area contributed by atoms with E-state index in [1.807, 2.05) is 6.92 Å². The highest BCUT2D eigenvalue weighted by Crippen LogP contribution is 2.30. The van der Waals surface area contributed by atoms with Crippen molar-refractivity contribution in [2.75, 3.05) is 18.1 Å². The van der Waals surface area contributed by atoms with Gasteiger partial charge in [-0.2, -0.15) is 0 Å². The Kier molecular flexibility index (Phi) is 4.77. The minimum atomic E-state index is -0.258. The van der Waals surface area contributed by atoms with Crippen LogP contribution in [-0.2, 0) is 0 Å². The molecule has 0 bridgehead atoms. The molecule has 0 aliphatic carbocycles. The maximum absolute atomic E-state index is 13.4. The molecule has 1 unspecified atom stereocenters. The molecule has 0 amide bonds. The van der Waals surface area contributed by atoms with Crippen LogP contribution in [-0.4, -0.2) is 24.3 Å². The zero-order chi connectivity index (χ0) is 13.8. The fourth-order valence-electron chi connectivity index (χ4n) is 2.84. The van der Waals surface area contributed by atoms with E-state index < -0.39 is 0 Å². The van der Waals surface area contributed by atoms with Crippen molar-refractivity contribution in [3.8, 4) is 0 Å². The second-order valence-corrected chi connectivity index (χ2v) is 5.37. The highest BCUT2D eigenvalue weighted by molar-refractivity contribution is 5.56. The van der Waals surface area contributed by atoms with Crippen LogP contribution < -0.4 is 10.6 Å². The molecule has 1 saturated heterocycles. The van der Waals surface area contributed by atoms with E-state index in [4.69, 9.17) is 5.73 Å². The summed E-state index contributed by atoms with van der Waals surface area (Å²) in [5, 5.41) is 9.58. The van der Waals surface area contributed by atoms with Crippen molar-refractivity contribution < 1.29 is 9.50 Å². The maximum Gasteiger partial charge on any atom is 0.123 e. The van der Waals surface area contributed by atoms with E-state index in [2.05, 4.69) is 4.90 Å². The SMILES string of the molecule is C[C@H](N)c1cc(F)ccc1N1CCCCCC1CO. The lowest BCUT2D eigenvalue weighted by atomic mass is 10.0. The molecule has 1 aromatic rings. The van der Waals surface area contributed by atoms with Gasteiger partial charge in [0.25, 0.3) is 0 Å². The van der Waals surface area contributed by atoms with Gasteiger partial charge in [0.2, 0.25) is 0 Å². The molecular formula is C15H23FN2O. The molecule has 1 heterocycles. The number of aliphatic hydroxyl groups excluding tert-OH is 1. The molecule has 4 heteroatoms. The third kappa shape index (κ3) is 3.25. The summed E-state index contributed by atoms with van der Waals surface area (Å²) in [6.07, 6.45) is 4.40. The Morgan fingerprint density at radius 3 is 2.89 bits per heavy atom. The van der Waals surface area contributed by atoms with Crippen molar-refractivity contribution >= 4 is 5.69 Å². The van der Waals surface area contributed by atoms with E-state index in [9.17, 15) is 9.50 Å². The number of hydrogen-bond donors (Lipinski definition) is 2. The van der Waals surface area contributed by atoms with Crippen LogP contribution in [0.25, 0.3) is 0 Å². The van der Waals surface area contributed by atoms with Gasteiger partial charge in [0.15, 0.2) is 0 Å². The molecule has 2 rings (SSSR count). The normalized spacial score (nSPS) is 22.1. The fraction of sp³-hybridized carbons (Fsp3) is 0.600. The largest absolute Gasteiger partial charge is 0.394 e. The first-order valence-electron chi connectivity index (χ1n) is 7.06. The van der Waals surface area contributed by atoms with E-state index in [0.29, 0.717) is 0 Å². The summed E-state index contributed by atoms with van der Waals surface area (Å²) in [7, 11) is 0. The third-order valence-corrected chi connectivity index (χ3v) is 3.88. The summed E-state index contributed by atoms with van der Waals surface area (Å²) in [4.78, 5) is 2.20. The van der Waals surface area contributed by atoms with E-state index in [1.54, 1.807) is 6.07 Å². The van der Waals surface area contributed by atoms with Crippen LogP contribution in [0.3, 0.4) is 0 Å². The smallest absolute Gasteiger partial charge is 0.123 e. The number of nitrogens with two attached hydrogens (primary N) is 1. The molecule has 19 heavy (non-hydrogen) atoms. The molecule has 1 aromatic carbocycles. The number of benzene rings is 1. The van der Waals surface area contributed by atoms with Crippen molar-refractivity contribution in [1.29, 1.82) is 0 Å². The van der Waals surface area contributed by atoms with Crippen LogP contribution in [0.15, 0.2) is 18.2 Å². The van der Waals surface area contributed by atoms with Crippen molar-refractivity contribution in [3.63, 3.8) is 0 Å². The minimum Gasteiger partial charge on any atom is -0.394 e. The first kappa shape index (κ1) is 14.3. The molecule has 1 aliphatic heterocycles. The first-order valence-corrected chi connectivity index (χ1v) is 7.06. The summed E-state index contributed by atoms with van der Waals surface area (Å²) < 4.78 is 13.4. The highest BCUT2D eigenvalue weighted by atomic mass is 19.1. The monoisotopic (exact) mass is 266 g/mol. The predicted octanol–water partition coefficient (Wildman–Crippen LogP) is 2.59. The summed E-state index contributed by atoms with van der Waals surface area (Å²) in [6.45, 7) is 2.90. The zero-order valence-corrected chi connectivity index (χ0v) is 11.5. The lowest BCUT2D eigenvalue weighted by Crippen LogP contribution is -2.38. The van der Waals surface area contributed by atoms with Crippen LogP contribution in [0.4, 0.5) is 10.1 Å². The Bertz CT molecular complexity index is 423. The van der Waals surface area contributed by atoms with Gasteiger partial charge < -0.3 is 15.7 Å². The molecule has 0 saturated carbocycles. The summed E-state index contributed by atoms with van der Waals surface area (Å²) in [6, 6.07) is 4.68. The Hall–Kier alpha value is -1.13. The number of halogens is 1. The average molecular weight is 266 g/mol. The van der Waals surface area contributed by atoms with E-state index in [-0.39, 0.29) is 24.5 Å². The molecule has 1 aliphatic rings. The van der Waals surface area contributed by atoms with Gasteiger partial charge >= 0.3 is 0 Å². The number of rotatable bonds is 3. The highest BCUT2D eigenvalue weighted by Gasteiger charge is 2.23. The van der Waals surface area contributed by atoms with Crippen LogP contribution in [0.1, 0.15) is 44.2 Å². The number of hydrogen-bond acceptors (Lipinski definition) is 3. The zero-order valence-electron chi connectivity index (χ0n) is 11.5. The van der Waals surface area contributed by atoms with Gasteiger partial charge in [-0.1, -0.05) is 12.8 Å². The molecule has 106 valence electrons. The summed E-state index contributed by atoms with van der Waals surface area (Å²) >= 11 is 0. The Labute approximate surface area is 114 Å². The van der Waals surface area contributed by atoms with E-state index in [0.717, 1.165) is 37.1 Å². The molecule has 3 nitrogen and oxygen atoms in total. The van der Waals surface area contributed by atoms with Crippen LogP contribution in [0.5, 0.6) is 0 Å². The average Bonchev–Trinajstić information content (AvgIpc) is 2.63. The van der Waals surface area contributed by atoms with Gasteiger partial charge in [-0.3, -0.25) is 0 Å². The molecular weight excluding hydrogens is 243 g/mol. The first-order chi connectivity index (χ1) is 9.13. The van der Waals surface area contributed by atoms with Crippen LogP contribution in [0, 0.1) is 5.82 Å². The van der Waals surface area contributed by atoms with Gasteiger partial charge in [-0.15, -0.1) is 0 Å². The summed E-state index contributed by atoms with van der Waals surface area (Å²) in [5.41, 5.74) is 7.75. The lowest BCUT2D eigenvalue weighted by Gasteiger charge is -2.33. The molecule has 1 fully saturated rings. The van der Waals surface area contributed by atoms with E-state index in [1.165, 1.54) is 18.6 Å². The Morgan fingerprint density at radius 1 is 1.42 bits per heavy atom. The maximum atomic E-state index is 13.4. The summed E-state index contributed by atoms with van der Waals surface area (Å²) in [5.74, 6) is -0.258. The number of nitrogens with zero attached hydrogens (tertiary/aromatic N) is 1. The second kappa shape index (κ2) is 6.35. The fourth-order valence-corrected chi connectivity index (χ4v) is 2.84. The Balaban J connectivity index is 2.37. The van der Waals surface area contributed by atoms with Gasteiger partial charge in [-0.25, -0.2) is 4.39 Å². The van der Waals surface area contributed by atoms with Crippen molar-refractivity contribution in [2.24, 2.45) is 5.73 Å². The standard InChI is InChI=1S/C15H23FN2O/c1-11(17)14-9-12(16)6-7-15(14)18-8-4-2-3-5-13(18)10-19/h6-7,9,11,13,19H,2-5,8,10,17H2,1H3/t11-,13?/m0/s1. The van der Waals surface area contributed by atoms with Gasteiger partial charge in [-0.05, 0) is 43.5 Å². The van der Waals surface area contributed by atoms with Gasteiger partial charge in [0.05, 0.1) is 12.6 Å². The van der Waals surface area contributed by atoms with Crippen LogP contribution >= 0.6 is 0 Å². The second-order valence-electron chi connectivity index (χ2n) is 5.37. The molecule has 0 aromatic heterocycles. The van der Waals surface area contributed by atoms with Crippen molar-refractivity contribution in [3.05, 3.63) is 29.6 Å².